The van der Waals surface area contributed by atoms with Crippen LogP contribution in [0.25, 0.3) is 6.08 Å². The Morgan fingerprint density at radius 2 is 2.04 bits per heavy atom. The van der Waals surface area contributed by atoms with Gasteiger partial charge in [-0.2, -0.15) is 0 Å². The van der Waals surface area contributed by atoms with Crippen molar-refractivity contribution in [3.63, 3.8) is 0 Å². The van der Waals surface area contributed by atoms with Crippen molar-refractivity contribution >= 4 is 46.3 Å². The van der Waals surface area contributed by atoms with E-state index in [1.807, 2.05) is 6.92 Å². The van der Waals surface area contributed by atoms with Gasteiger partial charge in [-0.05, 0) is 30.2 Å². The van der Waals surface area contributed by atoms with E-state index < -0.39 is 12.0 Å². The van der Waals surface area contributed by atoms with Gasteiger partial charge >= 0.3 is 5.97 Å². The summed E-state index contributed by atoms with van der Waals surface area (Å²) in [5.74, 6) is -0.307. The average Bonchev–Trinajstić information content (AvgIpc) is 2.86. The van der Waals surface area contributed by atoms with Crippen LogP contribution in [-0.4, -0.2) is 46.5 Å². The van der Waals surface area contributed by atoms with Crippen LogP contribution >= 0.6 is 24.0 Å². The Morgan fingerprint density at radius 3 is 2.60 bits per heavy atom. The normalized spacial score (nSPS) is 17.1. The standard InChI is InChI=1S/C17H19NO5S2/c1-4-5-11(16(20)21)18-15(19)14(25-17(18)24)9-10-6-7-12(22-2)13(8-10)23-3/h6-9,11H,4-5H2,1-3H3,(H,20,21)/b14-9-. The highest BCUT2D eigenvalue weighted by atomic mass is 32.2. The van der Waals surface area contributed by atoms with Crippen LogP contribution in [0, 0.1) is 0 Å². The minimum absolute atomic E-state index is 0.262. The van der Waals surface area contributed by atoms with Crippen molar-refractivity contribution in [3.8, 4) is 11.5 Å². The molecule has 134 valence electrons. The molecule has 1 unspecified atom stereocenters. The third-order valence-corrected chi connectivity index (χ3v) is 5.02. The fraction of sp³-hybridized carbons (Fsp3) is 0.353. The number of carboxylic acid groups (broad SMARTS) is 1. The number of carboxylic acids is 1. The van der Waals surface area contributed by atoms with E-state index in [-0.39, 0.29) is 10.2 Å². The van der Waals surface area contributed by atoms with Gasteiger partial charge in [0, 0.05) is 0 Å². The molecule has 8 heteroatoms. The lowest BCUT2D eigenvalue weighted by Crippen LogP contribution is -2.43. The number of amides is 1. The minimum Gasteiger partial charge on any atom is -0.493 e. The molecule has 1 aromatic carbocycles. The van der Waals surface area contributed by atoms with E-state index in [1.54, 1.807) is 31.4 Å². The van der Waals surface area contributed by atoms with Gasteiger partial charge in [0.05, 0.1) is 19.1 Å². The minimum atomic E-state index is -1.05. The summed E-state index contributed by atoms with van der Waals surface area (Å²) in [5.41, 5.74) is 0.737. The number of ether oxygens (including phenoxy) is 2. The monoisotopic (exact) mass is 381 g/mol. The first-order valence-corrected chi connectivity index (χ1v) is 8.87. The highest BCUT2D eigenvalue weighted by Gasteiger charge is 2.39. The van der Waals surface area contributed by atoms with Crippen LogP contribution in [0.4, 0.5) is 0 Å². The maximum Gasteiger partial charge on any atom is 0.326 e. The molecular formula is C17H19NO5S2. The summed E-state index contributed by atoms with van der Waals surface area (Å²) < 4.78 is 10.7. The summed E-state index contributed by atoms with van der Waals surface area (Å²) in [4.78, 5) is 25.7. The quantitative estimate of drug-likeness (QED) is 0.574. The number of methoxy groups -OCH3 is 2. The van der Waals surface area contributed by atoms with Gasteiger partial charge in [0.1, 0.15) is 10.4 Å². The summed E-state index contributed by atoms with van der Waals surface area (Å²) in [6.07, 6.45) is 2.67. The molecule has 1 heterocycles. The summed E-state index contributed by atoms with van der Waals surface area (Å²) >= 11 is 6.33. The molecule has 0 aliphatic carbocycles. The van der Waals surface area contributed by atoms with Crippen molar-refractivity contribution in [2.75, 3.05) is 14.2 Å². The van der Waals surface area contributed by atoms with Gasteiger partial charge in [0.2, 0.25) is 0 Å². The zero-order chi connectivity index (χ0) is 18.6. The van der Waals surface area contributed by atoms with Gasteiger partial charge in [-0.1, -0.05) is 43.4 Å². The van der Waals surface area contributed by atoms with Gasteiger partial charge < -0.3 is 14.6 Å². The van der Waals surface area contributed by atoms with E-state index in [0.717, 1.165) is 17.3 Å². The maximum atomic E-state index is 12.6. The number of thioether (sulfide) groups is 1. The third kappa shape index (κ3) is 4.13. The van der Waals surface area contributed by atoms with Crippen LogP contribution < -0.4 is 9.47 Å². The van der Waals surface area contributed by atoms with Crippen molar-refractivity contribution in [2.45, 2.75) is 25.8 Å². The first-order chi connectivity index (χ1) is 11.9. The molecule has 1 N–H and O–H groups in total. The number of nitrogens with zero attached hydrogens (tertiary/aromatic N) is 1. The van der Waals surface area contributed by atoms with E-state index in [1.165, 1.54) is 12.0 Å². The first kappa shape index (κ1) is 19.3. The summed E-state index contributed by atoms with van der Waals surface area (Å²) in [6.45, 7) is 1.87. The van der Waals surface area contributed by atoms with Crippen molar-refractivity contribution < 1.29 is 24.2 Å². The molecule has 0 aromatic heterocycles. The molecule has 1 aliphatic heterocycles. The predicted molar refractivity (Wildman–Crippen MR) is 101 cm³/mol. The second kappa shape index (κ2) is 8.35. The zero-order valence-electron chi connectivity index (χ0n) is 14.1. The van der Waals surface area contributed by atoms with Crippen LogP contribution in [-0.2, 0) is 9.59 Å². The molecule has 6 nitrogen and oxygen atoms in total. The lowest BCUT2D eigenvalue weighted by atomic mass is 10.1. The summed E-state index contributed by atoms with van der Waals surface area (Å²) in [5, 5.41) is 9.39. The first-order valence-electron chi connectivity index (χ1n) is 7.64. The van der Waals surface area contributed by atoms with E-state index in [2.05, 4.69) is 0 Å². The largest absolute Gasteiger partial charge is 0.493 e. The Kier molecular flexibility index (Phi) is 6.44. The molecule has 1 atom stereocenters. The number of benzene rings is 1. The van der Waals surface area contributed by atoms with E-state index in [4.69, 9.17) is 21.7 Å². The van der Waals surface area contributed by atoms with E-state index in [9.17, 15) is 14.7 Å². The molecule has 1 aromatic rings. The number of hydrogen-bond donors (Lipinski definition) is 1. The molecular weight excluding hydrogens is 362 g/mol. The van der Waals surface area contributed by atoms with Crippen molar-refractivity contribution in [2.24, 2.45) is 0 Å². The molecule has 1 fully saturated rings. The van der Waals surface area contributed by atoms with Gasteiger partial charge in [-0.3, -0.25) is 9.69 Å². The second-order valence-electron chi connectivity index (χ2n) is 5.31. The van der Waals surface area contributed by atoms with Gasteiger partial charge in [-0.25, -0.2) is 4.79 Å². The SMILES string of the molecule is CCCC(C(=O)O)N1C(=O)/C(=C/c2ccc(OC)c(OC)c2)SC1=S. The fourth-order valence-corrected chi connectivity index (χ4v) is 3.84. The van der Waals surface area contributed by atoms with E-state index in [0.29, 0.717) is 29.2 Å². The molecule has 0 saturated carbocycles. The Labute approximate surface area is 155 Å². The number of hydrogen-bond acceptors (Lipinski definition) is 6. The topological polar surface area (TPSA) is 76.1 Å². The summed E-state index contributed by atoms with van der Waals surface area (Å²) in [6, 6.07) is 4.33. The average molecular weight is 381 g/mol. The van der Waals surface area contributed by atoms with Crippen molar-refractivity contribution in [3.05, 3.63) is 28.7 Å². The van der Waals surface area contributed by atoms with Gasteiger partial charge in [0.15, 0.2) is 11.5 Å². The third-order valence-electron chi connectivity index (χ3n) is 3.69. The Morgan fingerprint density at radius 1 is 1.36 bits per heavy atom. The Balaban J connectivity index is 2.32. The van der Waals surface area contributed by atoms with Crippen molar-refractivity contribution in [1.82, 2.24) is 4.90 Å². The molecule has 1 amide bonds. The number of carbonyl (C=O) groups excluding carboxylic acids is 1. The number of aliphatic carboxylic acids is 1. The fourth-order valence-electron chi connectivity index (χ4n) is 2.48. The lowest BCUT2D eigenvalue weighted by Gasteiger charge is -2.22. The van der Waals surface area contributed by atoms with Crippen LogP contribution in [0.3, 0.4) is 0 Å². The summed E-state index contributed by atoms with van der Waals surface area (Å²) in [7, 11) is 3.08. The lowest BCUT2D eigenvalue weighted by molar-refractivity contribution is -0.145. The Hall–Kier alpha value is -2.06. The Bertz CT molecular complexity index is 732. The predicted octanol–water partition coefficient (Wildman–Crippen LogP) is 3.16. The van der Waals surface area contributed by atoms with E-state index >= 15 is 0 Å². The molecule has 0 radical (unpaired) electrons. The second-order valence-corrected chi connectivity index (χ2v) is 6.98. The van der Waals surface area contributed by atoms with Gasteiger partial charge in [0.25, 0.3) is 5.91 Å². The number of rotatable bonds is 7. The zero-order valence-corrected chi connectivity index (χ0v) is 15.8. The molecule has 0 spiro atoms. The molecule has 1 saturated heterocycles. The molecule has 1 aliphatic rings. The molecule has 25 heavy (non-hydrogen) atoms. The van der Waals surface area contributed by atoms with Crippen LogP contribution in [0.15, 0.2) is 23.1 Å². The van der Waals surface area contributed by atoms with Crippen LogP contribution in [0.5, 0.6) is 11.5 Å². The number of carbonyl (C=O) groups is 2. The van der Waals surface area contributed by atoms with Crippen LogP contribution in [0.1, 0.15) is 25.3 Å². The highest BCUT2D eigenvalue weighted by Crippen LogP contribution is 2.36. The number of thiocarbonyl (C=S) groups is 1. The van der Waals surface area contributed by atoms with Crippen molar-refractivity contribution in [1.29, 1.82) is 0 Å². The van der Waals surface area contributed by atoms with Gasteiger partial charge in [-0.15, -0.1) is 0 Å². The van der Waals surface area contributed by atoms with Crippen LogP contribution in [0.2, 0.25) is 0 Å². The molecule has 0 bridgehead atoms. The smallest absolute Gasteiger partial charge is 0.326 e. The molecule has 2 rings (SSSR count). The maximum absolute atomic E-state index is 12.6. The highest BCUT2D eigenvalue weighted by molar-refractivity contribution is 8.26.